The average Bonchev–Trinajstić information content (AvgIpc) is 2.44. The van der Waals surface area contributed by atoms with Gasteiger partial charge >= 0.3 is 0 Å². The van der Waals surface area contributed by atoms with Crippen LogP contribution >= 0.6 is 0 Å². The Morgan fingerprint density at radius 2 is 2.14 bits per heavy atom. The fourth-order valence-electron chi connectivity index (χ4n) is 1.70. The highest BCUT2D eigenvalue weighted by atomic mass is 16.5. The molecule has 1 aliphatic rings. The summed E-state index contributed by atoms with van der Waals surface area (Å²) in [5.74, 6) is 0. The first-order chi connectivity index (χ1) is 6.56. The lowest BCUT2D eigenvalue weighted by Gasteiger charge is -2.33. The maximum Gasteiger partial charge on any atom is 0.138 e. The zero-order valence-corrected chi connectivity index (χ0v) is 8.40. The molecule has 76 valence electrons. The van der Waals surface area contributed by atoms with Crippen molar-refractivity contribution in [2.45, 2.75) is 19.4 Å². The second-order valence-electron chi connectivity index (χ2n) is 4.33. The highest BCUT2D eigenvalue weighted by Crippen LogP contribution is 2.43. The number of ether oxygens (including phenoxy) is 1. The van der Waals surface area contributed by atoms with Crippen molar-refractivity contribution < 1.29 is 9.84 Å². The maximum atomic E-state index is 10.5. The second-order valence-corrected chi connectivity index (χ2v) is 4.33. The van der Waals surface area contributed by atoms with Crippen LogP contribution in [-0.2, 0) is 10.3 Å². The van der Waals surface area contributed by atoms with Crippen molar-refractivity contribution in [3.63, 3.8) is 0 Å². The van der Waals surface area contributed by atoms with Crippen LogP contribution < -0.4 is 0 Å². The molecular formula is C10H14N2O2. The highest BCUT2D eigenvalue weighted by Gasteiger charge is 2.51. The van der Waals surface area contributed by atoms with Crippen molar-refractivity contribution in [2.24, 2.45) is 5.41 Å². The fourth-order valence-corrected chi connectivity index (χ4v) is 1.70. The van der Waals surface area contributed by atoms with E-state index in [9.17, 15) is 5.11 Å². The third kappa shape index (κ3) is 1.22. The predicted octanol–water partition coefficient (Wildman–Crippen LogP) is 0.721. The van der Waals surface area contributed by atoms with Crippen LogP contribution in [0.4, 0.5) is 0 Å². The molecule has 2 heterocycles. The minimum Gasteiger partial charge on any atom is -0.380 e. The van der Waals surface area contributed by atoms with Gasteiger partial charge in [0.1, 0.15) is 5.60 Å². The third-order valence-electron chi connectivity index (χ3n) is 2.88. The molecule has 4 nitrogen and oxygen atoms in total. The number of nitrogens with zero attached hydrogens (tertiary/aromatic N) is 2. The zero-order valence-electron chi connectivity index (χ0n) is 8.40. The van der Waals surface area contributed by atoms with Gasteiger partial charge in [0, 0.05) is 17.8 Å². The van der Waals surface area contributed by atoms with Gasteiger partial charge in [-0.2, -0.15) is 0 Å². The largest absolute Gasteiger partial charge is 0.380 e. The highest BCUT2D eigenvalue weighted by molar-refractivity contribution is 5.15. The maximum absolute atomic E-state index is 10.5. The van der Waals surface area contributed by atoms with Gasteiger partial charge in [-0.1, -0.05) is 13.8 Å². The normalized spacial score (nSPS) is 30.5. The molecular weight excluding hydrogens is 180 g/mol. The molecule has 1 saturated heterocycles. The smallest absolute Gasteiger partial charge is 0.138 e. The summed E-state index contributed by atoms with van der Waals surface area (Å²) >= 11 is 0. The number of aliphatic hydroxyl groups is 1. The standard InChI is InChI=1S/C10H14N2O2/c1-9(2)6-14-7-10(9,13)8-5-11-3-4-12-8/h3-5,13H,6-7H2,1-2H3. The molecule has 1 fully saturated rings. The van der Waals surface area contributed by atoms with E-state index < -0.39 is 5.60 Å². The minimum atomic E-state index is -1.01. The van der Waals surface area contributed by atoms with E-state index in [1.165, 1.54) is 0 Å². The van der Waals surface area contributed by atoms with Gasteiger partial charge in [0.05, 0.1) is 25.1 Å². The van der Waals surface area contributed by atoms with E-state index in [0.717, 1.165) is 0 Å². The molecule has 14 heavy (non-hydrogen) atoms. The van der Waals surface area contributed by atoms with Crippen LogP contribution in [0.1, 0.15) is 19.5 Å². The van der Waals surface area contributed by atoms with E-state index in [1.807, 2.05) is 13.8 Å². The molecule has 1 aliphatic heterocycles. The van der Waals surface area contributed by atoms with Crippen molar-refractivity contribution in [1.29, 1.82) is 0 Å². The average molecular weight is 194 g/mol. The van der Waals surface area contributed by atoms with E-state index >= 15 is 0 Å². The van der Waals surface area contributed by atoms with Crippen LogP contribution in [-0.4, -0.2) is 28.3 Å². The van der Waals surface area contributed by atoms with Gasteiger partial charge in [-0.15, -0.1) is 0 Å². The monoisotopic (exact) mass is 194 g/mol. The molecule has 4 heteroatoms. The first kappa shape index (κ1) is 9.55. The Kier molecular flexibility index (Phi) is 2.05. The van der Waals surface area contributed by atoms with E-state index in [4.69, 9.17) is 4.74 Å². The first-order valence-electron chi connectivity index (χ1n) is 4.63. The third-order valence-corrected chi connectivity index (χ3v) is 2.88. The van der Waals surface area contributed by atoms with Crippen molar-refractivity contribution in [3.05, 3.63) is 24.3 Å². The Morgan fingerprint density at radius 3 is 2.64 bits per heavy atom. The van der Waals surface area contributed by atoms with Gasteiger partial charge in [0.2, 0.25) is 0 Å². The Balaban J connectivity index is 2.42. The lowest BCUT2D eigenvalue weighted by molar-refractivity contribution is -0.0423. The predicted molar refractivity (Wildman–Crippen MR) is 50.5 cm³/mol. The summed E-state index contributed by atoms with van der Waals surface area (Å²) in [4.78, 5) is 8.10. The van der Waals surface area contributed by atoms with Crippen molar-refractivity contribution in [3.8, 4) is 0 Å². The molecule has 0 spiro atoms. The molecule has 0 saturated carbocycles. The van der Waals surface area contributed by atoms with Gasteiger partial charge in [-0.25, -0.2) is 0 Å². The second kappa shape index (κ2) is 3.00. The first-order valence-corrected chi connectivity index (χ1v) is 4.63. The van der Waals surface area contributed by atoms with Crippen LogP contribution in [0.25, 0.3) is 0 Å². The Hall–Kier alpha value is -1.00. The van der Waals surface area contributed by atoms with Crippen molar-refractivity contribution >= 4 is 0 Å². The fraction of sp³-hybridized carbons (Fsp3) is 0.600. The molecule has 0 bridgehead atoms. The van der Waals surface area contributed by atoms with E-state index in [2.05, 4.69) is 9.97 Å². The van der Waals surface area contributed by atoms with Crippen molar-refractivity contribution in [2.75, 3.05) is 13.2 Å². The van der Waals surface area contributed by atoms with E-state index in [-0.39, 0.29) is 5.41 Å². The quantitative estimate of drug-likeness (QED) is 0.715. The Bertz CT molecular complexity index is 326. The number of rotatable bonds is 1. The van der Waals surface area contributed by atoms with Gasteiger partial charge in [-0.05, 0) is 0 Å². The van der Waals surface area contributed by atoms with Crippen LogP contribution in [0.5, 0.6) is 0 Å². The van der Waals surface area contributed by atoms with Crippen LogP contribution in [0, 0.1) is 5.41 Å². The van der Waals surface area contributed by atoms with Gasteiger partial charge in [0.25, 0.3) is 0 Å². The van der Waals surface area contributed by atoms with E-state index in [1.54, 1.807) is 18.6 Å². The molecule has 1 unspecified atom stereocenters. The molecule has 1 aromatic heterocycles. The van der Waals surface area contributed by atoms with Crippen LogP contribution in [0.15, 0.2) is 18.6 Å². The molecule has 1 N–H and O–H groups in total. The van der Waals surface area contributed by atoms with Crippen molar-refractivity contribution in [1.82, 2.24) is 9.97 Å². The molecule has 0 aliphatic carbocycles. The molecule has 2 rings (SSSR count). The van der Waals surface area contributed by atoms with Gasteiger partial charge in [0.15, 0.2) is 0 Å². The number of hydrogen-bond donors (Lipinski definition) is 1. The molecule has 1 aromatic rings. The summed E-state index contributed by atoms with van der Waals surface area (Å²) in [6.07, 6.45) is 4.77. The number of aromatic nitrogens is 2. The van der Waals surface area contributed by atoms with Gasteiger partial charge < -0.3 is 9.84 Å². The molecule has 0 amide bonds. The summed E-state index contributed by atoms with van der Waals surface area (Å²) in [7, 11) is 0. The van der Waals surface area contributed by atoms with E-state index in [0.29, 0.717) is 18.9 Å². The molecule has 0 aromatic carbocycles. The Morgan fingerprint density at radius 1 is 1.36 bits per heavy atom. The zero-order chi connectivity index (χ0) is 10.2. The van der Waals surface area contributed by atoms with Gasteiger partial charge in [-0.3, -0.25) is 9.97 Å². The topological polar surface area (TPSA) is 55.2 Å². The van der Waals surface area contributed by atoms with Crippen LogP contribution in [0.2, 0.25) is 0 Å². The summed E-state index contributed by atoms with van der Waals surface area (Å²) in [5.41, 5.74) is -0.743. The number of hydrogen-bond acceptors (Lipinski definition) is 4. The SMILES string of the molecule is CC1(C)COCC1(O)c1cnccn1. The summed E-state index contributed by atoms with van der Waals surface area (Å²) < 4.78 is 5.31. The molecule has 0 radical (unpaired) electrons. The lowest BCUT2D eigenvalue weighted by Crippen LogP contribution is -2.41. The van der Waals surface area contributed by atoms with Crippen LogP contribution in [0.3, 0.4) is 0 Å². The molecule has 1 atom stereocenters. The summed E-state index contributed by atoms with van der Waals surface area (Å²) in [5, 5.41) is 10.5. The Labute approximate surface area is 83.0 Å². The minimum absolute atomic E-state index is 0.290. The summed E-state index contributed by atoms with van der Waals surface area (Å²) in [6.45, 7) is 4.77. The summed E-state index contributed by atoms with van der Waals surface area (Å²) in [6, 6.07) is 0. The lowest BCUT2D eigenvalue weighted by atomic mass is 9.76.